The second-order valence-electron chi connectivity index (χ2n) is 8.05. The fraction of sp³-hybridized carbons (Fsp3) is 0.333. The van der Waals surface area contributed by atoms with Crippen LogP contribution in [0.1, 0.15) is 36.6 Å². The average Bonchev–Trinajstić information content (AvgIpc) is 3.08. The summed E-state index contributed by atoms with van der Waals surface area (Å²) >= 11 is 0. The summed E-state index contributed by atoms with van der Waals surface area (Å²) in [5.74, 6) is -0.745. The van der Waals surface area contributed by atoms with Crippen molar-refractivity contribution in [3.05, 3.63) is 83.4 Å². The summed E-state index contributed by atoms with van der Waals surface area (Å²) in [7, 11) is 0. The van der Waals surface area contributed by atoms with Crippen molar-refractivity contribution in [3.63, 3.8) is 0 Å². The molecule has 1 atom stereocenters. The summed E-state index contributed by atoms with van der Waals surface area (Å²) in [6.07, 6.45) is 1.66. The molecule has 1 amide bonds. The number of nitrogens with zero attached hydrogens (tertiary/aromatic N) is 2. The number of ether oxygens (including phenoxy) is 1. The fourth-order valence-corrected chi connectivity index (χ4v) is 4.01. The third kappa shape index (κ3) is 5.34. The van der Waals surface area contributed by atoms with Gasteiger partial charge in [0.15, 0.2) is 0 Å². The predicted molar refractivity (Wildman–Crippen MR) is 130 cm³/mol. The van der Waals surface area contributed by atoms with Crippen LogP contribution in [0.3, 0.4) is 0 Å². The highest BCUT2D eigenvalue weighted by Gasteiger charge is 2.45. The van der Waals surface area contributed by atoms with Gasteiger partial charge in [-0.3, -0.25) is 9.59 Å². The Balaban J connectivity index is 2.05. The van der Waals surface area contributed by atoms with Crippen LogP contribution in [-0.4, -0.2) is 59.4 Å². The number of amides is 1. The number of carbonyl (C=O) groups is 2. The van der Waals surface area contributed by atoms with Crippen molar-refractivity contribution < 1.29 is 19.4 Å². The summed E-state index contributed by atoms with van der Waals surface area (Å²) < 4.78 is 5.57. The highest BCUT2D eigenvalue weighted by atomic mass is 16.5. The summed E-state index contributed by atoms with van der Waals surface area (Å²) in [6.45, 7) is 12.8. The van der Waals surface area contributed by atoms with E-state index in [0.717, 1.165) is 24.2 Å². The van der Waals surface area contributed by atoms with Crippen LogP contribution < -0.4 is 4.74 Å². The van der Waals surface area contributed by atoms with Crippen molar-refractivity contribution in [3.8, 4) is 5.75 Å². The molecule has 0 aromatic heterocycles. The lowest BCUT2D eigenvalue weighted by Gasteiger charge is -2.28. The van der Waals surface area contributed by atoms with Crippen LogP contribution in [0, 0.1) is 6.92 Å². The highest BCUT2D eigenvalue weighted by molar-refractivity contribution is 6.46. The van der Waals surface area contributed by atoms with E-state index in [-0.39, 0.29) is 11.3 Å². The predicted octanol–water partition coefficient (Wildman–Crippen LogP) is 4.32. The molecule has 0 unspecified atom stereocenters. The molecule has 1 N–H and O–H groups in total. The van der Waals surface area contributed by atoms with E-state index in [1.807, 2.05) is 31.2 Å². The third-order valence-corrected chi connectivity index (χ3v) is 5.98. The van der Waals surface area contributed by atoms with Crippen LogP contribution in [0.15, 0.2) is 66.8 Å². The number of hydrogen-bond acceptors (Lipinski definition) is 5. The van der Waals surface area contributed by atoms with E-state index in [9.17, 15) is 14.7 Å². The Kier molecular flexibility index (Phi) is 8.06. The molecule has 33 heavy (non-hydrogen) atoms. The Morgan fingerprint density at radius 3 is 2.30 bits per heavy atom. The molecule has 1 aliphatic rings. The van der Waals surface area contributed by atoms with Gasteiger partial charge in [-0.05, 0) is 37.7 Å². The second kappa shape index (κ2) is 11.0. The van der Waals surface area contributed by atoms with Crippen molar-refractivity contribution in [2.24, 2.45) is 0 Å². The maximum absolute atomic E-state index is 13.1. The lowest BCUT2D eigenvalue weighted by atomic mass is 9.95. The standard InChI is InChI=1S/C27H32N2O4/c1-5-18-33-22-14-12-20(13-15-22)24-23(25(30)21-10-8-19(4)9-11-21)26(31)27(32)29(24)17-16-28(6-2)7-3/h5,8-15,24,30H,1,6-7,16-18H2,2-4H3/t24-/m0/s1. The Hall–Kier alpha value is -3.38. The van der Waals surface area contributed by atoms with Crippen LogP contribution in [0.5, 0.6) is 5.75 Å². The number of hydrogen-bond donors (Lipinski definition) is 1. The number of carbonyl (C=O) groups excluding carboxylic acids is 2. The zero-order valence-electron chi connectivity index (χ0n) is 19.6. The van der Waals surface area contributed by atoms with E-state index in [1.165, 1.54) is 0 Å². The molecule has 1 aliphatic heterocycles. The van der Waals surface area contributed by atoms with E-state index < -0.39 is 17.7 Å². The zero-order chi connectivity index (χ0) is 24.0. The van der Waals surface area contributed by atoms with Crippen molar-refractivity contribution in [2.75, 3.05) is 32.8 Å². The summed E-state index contributed by atoms with van der Waals surface area (Å²) in [6, 6.07) is 13.9. The lowest BCUT2D eigenvalue weighted by Crippen LogP contribution is -2.38. The van der Waals surface area contributed by atoms with Gasteiger partial charge in [-0.15, -0.1) is 0 Å². The number of benzene rings is 2. The molecular weight excluding hydrogens is 416 g/mol. The molecule has 6 nitrogen and oxygen atoms in total. The largest absolute Gasteiger partial charge is 0.507 e. The fourth-order valence-electron chi connectivity index (χ4n) is 4.01. The summed E-state index contributed by atoms with van der Waals surface area (Å²) in [5, 5.41) is 11.1. The molecule has 1 heterocycles. The molecule has 0 aliphatic carbocycles. The molecule has 6 heteroatoms. The summed E-state index contributed by atoms with van der Waals surface area (Å²) in [4.78, 5) is 29.9. The second-order valence-corrected chi connectivity index (χ2v) is 8.05. The van der Waals surface area contributed by atoms with E-state index in [4.69, 9.17) is 4.74 Å². The topological polar surface area (TPSA) is 70.1 Å². The quantitative estimate of drug-likeness (QED) is 0.254. The Morgan fingerprint density at radius 2 is 1.73 bits per heavy atom. The van der Waals surface area contributed by atoms with Gasteiger partial charge in [0.2, 0.25) is 0 Å². The van der Waals surface area contributed by atoms with Crippen LogP contribution in [-0.2, 0) is 9.59 Å². The normalized spacial score (nSPS) is 17.6. The SMILES string of the molecule is C=CCOc1ccc([C@H]2C(=C(O)c3ccc(C)cc3)C(=O)C(=O)N2CCN(CC)CC)cc1. The first-order chi connectivity index (χ1) is 15.9. The molecule has 0 radical (unpaired) electrons. The number of aliphatic hydroxyl groups excluding tert-OH is 1. The van der Waals surface area contributed by atoms with Gasteiger partial charge >= 0.3 is 0 Å². The maximum Gasteiger partial charge on any atom is 0.295 e. The van der Waals surface area contributed by atoms with Crippen LogP contribution >= 0.6 is 0 Å². The van der Waals surface area contributed by atoms with E-state index >= 15 is 0 Å². The van der Waals surface area contributed by atoms with Gasteiger partial charge in [-0.1, -0.05) is 68.5 Å². The summed E-state index contributed by atoms with van der Waals surface area (Å²) in [5.41, 5.74) is 2.41. The minimum absolute atomic E-state index is 0.114. The number of likely N-dealkylation sites (tertiary alicyclic amines) is 1. The van der Waals surface area contributed by atoms with Gasteiger partial charge in [-0.25, -0.2) is 0 Å². The van der Waals surface area contributed by atoms with E-state index in [2.05, 4.69) is 25.3 Å². The van der Waals surface area contributed by atoms with Gasteiger partial charge in [0.25, 0.3) is 11.7 Å². The third-order valence-electron chi connectivity index (χ3n) is 5.98. The molecule has 0 saturated carbocycles. The molecule has 2 aromatic carbocycles. The Morgan fingerprint density at radius 1 is 1.09 bits per heavy atom. The van der Waals surface area contributed by atoms with E-state index in [1.54, 1.807) is 35.2 Å². The molecule has 1 fully saturated rings. The number of Topliss-reactive ketones (excluding diaryl/α,β-unsaturated/α-hetero) is 1. The first-order valence-corrected chi connectivity index (χ1v) is 11.3. The van der Waals surface area contributed by atoms with Crippen molar-refractivity contribution in [1.29, 1.82) is 0 Å². The Labute approximate surface area is 195 Å². The van der Waals surface area contributed by atoms with Gasteiger partial charge in [0.05, 0.1) is 11.6 Å². The molecule has 2 aromatic rings. The highest BCUT2D eigenvalue weighted by Crippen LogP contribution is 2.39. The Bertz CT molecular complexity index is 1020. The monoisotopic (exact) mass is 448 g/mol. The zero-order valence-corrected chi connectivity index (χ0v) is 19.6. The average molecular weight is 449 g/mol. The smallest absolute Gasteiger partial charge is 0.295 e. The van der Waals surface area contributed by atoms with Gasteiger partial charge in [0, 0.05) is 18.7 Å². The van der Waals surface area contributed by atoms with Crippen molar-refractivity contribution >= 4 is 17.4 Å². The number of aryl methyl sites for hydroxylation is 1. The van der Waals surface area contributed by atoms with Gasteiger partial charge in [-0.2, -0.15) is 0 Å². The lowest BCUT2D eigenvalue weighted by molar-refractivity contribution is -0.140. The van der Waals surface area contributed by atoms with Crippen LogP contribution in [0.25, 0.3) is 5.76 Å². The first kappa shape index (κ1) is 24.3. The minimum atomic E-state index is -0.671. The molecule has 0 spiro atoms. The maximum atomic E-state index is 13.1. The molecule has 174 valence electrons. The first-order valence-electron chi connectivity index (χ1n) is 11.3. The number of aliphatic hydroxyl groups is 1. The van der Waals surface area contributed by atoms with Crippen LogP contribution in [0.2, 0.25) is 0 Å². The minimum Gasteiger partial charge on any atom is -0.507 e. The van der Waals surface area contributed by atoms with Crippen molar-refractivity contribution in [1.82, 2.24) is 9.80 Å². The number of likely N-dealkylation sites (N-methyl/N-ethyl adjacent to an activating group) is 1. The number of rotatable bonds is 10. The molecular formula is C27H32N2O4. The molecule has 0 bridgehead atoms. The molecule has 3 rings (SSSR count). The van der Waals surface area contributed by atoms with Gasteiger partial charge < -0.3 is 19.6 Å². The van der Waals surface area contributed by atoms with Gasteiger partial charge in [0.1, 0.15) is 18.1 Å². The molecule has 1 saturated heterocycles. The van der Waals surface area contributed by atoms with E-state index in [0.29, 0.717) is 31.0 Å². The van der Waals surface area contributed by atoms with Crippen molar-refractivity contribution in [2.45, 2.75) is 26.8 Å². The number of ketones is 1. The van der Waals surface area contributed by atoms with Crippen LogP contribution in [0.4, 0.5) is 0 Å².